The normalized spacial score (nSPS) is 11.6. The topological polar surface area (TPSA) is 54.3 Å². The van der Waals surface area contributed by atoms with Gasteiger partial charge in [0.1, 0.15) is 5.52 Å². The van der Waals surface area contributed by atoms with Crippen molar-refractivity contribution in [1.82, 2.24) is 24.8 Å². The van der Waals surface area contributed by atoms with E-state index < -0.39 is 0 Å². The largest absolute Gasteiger partial charge is 0.306 e. The average Bonchev–Trinajstić information content (AvgIpc) is 2.71. The molecule has 0 radical (unpaired) electrons. The zero-order valence-electron chi connectivity index (χ0n) is 16.8. The number of aryl methyl sites for hydroxylation is 1. The van der Waals surface area contributed by atoms with Crippen LogP contribution in [0.15, 0.2) is 59.4 Å². The van der Waals surface area contributed by atoms with Gasteiger partial charge in [-0.1, -0.05) is 47.7 Å². The Bertz CT molecular complexity index is 925. The van der Waals surface area contributed by atoms with Gasteiger partial charge < -0.3 is 9.80 Å². The Hall–Kier alpha value is -2.57. The third-order valence-corrected chi connectivity index (χ3v) is 4.91. The van der Waals surface area contributed by atoms with Crippen molar-refractivity contribution >= 4 is 10.9 Å². The lowest BCUT2D eigenvalue weighted by Gasteiger charge is -2.20. The van der Waals surface area contributed by atoms with Gasteiger partial charge in [-0.3, -0.25) is 4.79 Å². The minimum atomic E-state index is -0.0595. The van der Waals surface area contributed by atoms with Crippen molar-refractivity contribution in [2.24, 2.45) is 0 Å². The van der Waals surface area contributed by atoms with Crippen LogP contribution in [-0.4, -0.2) is 58.5 Å². The monoisotopic (exact) mass is 379 g/mol. The molecule has 0 saturated heterocycles. The van der Waals surface area contributed by atoms with Crippen LogP contribution in [0.1, 0.15) is 18.4 Å². The van der Waals surface area contributed by atoms with Crippen LogP contribution in [0.2, 0.25) is 0 Å². The molecule has 0 amide bonds. The summed E-state index contributed by atoms with van der Waals surface area (Å²) in [6, 6.07) is 17.9. The Morgan fingerprint density at radius 1 is 0.857 bits per heavy atom. The number of benzene rings is 2. The maximum atomic E-state index is 12.4. The molecule has 6 nitrogen and oxygen atoms in total. The molecular formula is C22H29N5O. The Balaban J connectivity index is 1.37. The molecule has 2 aromatic carbocycles. The van der Waals surface area contributed by atoms with E-state index in [0.717, 1.165) is 39.0 Å². The molecule has 1 aromatic heterocycles. The minimum Gasteiger partial charge on any atom is -0.306 e. The van der Waals surface area contributed by atoms with Crippen molar-refractivity contribution < 1.29 is 0 Å². The van der Waals surface area contributed by atoms with Gasteiger partial charge in [0.25, 0.3) is 5.56 Å². The summed E-state index contributed by atoms with van der Waals surface area (Å²) in [5.41, 5.74) is 1.94. The molecule has 148 valence electrons. The van der Waals surface area contributed by atoms with Crippen LogP contribution in [0.3, 0.4) is 0 Å². The Morgan fingerprint density at radius 2 is 1.54 bits per heavy atom. The van der Waals surface area contributed by atoms with Gasteiger partial charge in [0, 0.05) is 13.1 Å². The van der Waals surface area contributed by atoms with Crippen molar-refractivity contribution in [2.75, 3.05) is 33.7 Å². The van der Waals surface area contributed by atoms with Gasteiger partial charge in [0.15, 0.2) is 0 Å². The summed E-state index contributed by atoms with van der Waals surface area (Å²) < 4.78 is 1.48. The number of hydrogen-bond acceptors (Lipinski definition) is 5. The molecule has 28 heavy (non-hydrogen) atoms. The third-order valence-electron chi connectivity index (χ3n) is 4.91. The van der Waals surface area contributed by atoms with Gasteiger partial charge in [0.2, 0.25) is 0 Å². The zero-order chi connectivity index (χ0) is 19.8. The smallest absolute Gasteiger partial charge is 0.277 e. The SMILES string of the molecule is CN(CCCN(C)Cc1ccccc1)CCCn1nnc2ccccc2c1=O. The highest BCUT2D eigenvalue weighted by molar-refractivity contribution is 5.76. The fourth-order valence-electron chi connectivity index (χ4n) is 3.36. The third kappa shape index (κ3) is 5.71. The van der Waals surface area contributed by atoms with Crippen LogP contribution in [-0.2, 0) is 13.1 Å². The van der Waals surface area contributed by atoms with Crippen LogP contribution in [0.25, 0.3) is 10.9 Å². The molecule has 0 saturated carbocycles. The van der Waals surface area contributed by atoms with E-state index in [1.165, 1.54) is 10.2 Å². The fraction of sp³-hybridized carbons (Fsp3) is 0.409. The molecule has 0 bridgehead atoms. The highest BCUT2D eigenvalue weighted by Crippen LogP contribution is 2.05. The van der Waals surface area contributed by atoms with Crippen molar-refractivity contribution in [1.29, 1.82) is 0 Å². The van der Waals surface area contributed by atoms with E-state index in [1.54, 1.807) is 6.07 Å². The lowest BCUT2D eigenvalue weighted by molar-refractivity contribution is 0.268. The van der Waals surface area contributed by atoms with E-state index in [-0.39, 0.29) is 5.56 Å². The summed E-state index contributed by atoms with van der Waals surface area (Å²) in [6.07, 6.45) is 2.00. The van der Waals surface area contributed by atoms with Gasteiger partial charge >= 0.3 is 0 Å². The van der Waals surface area contributed by atoms with Gasteiger partial charge in [-0.15, -0.1) is 5.10 Å². The minimum absolute atomic E-state index is 0.0595. The molecule has 3 aromatic rings. The summed E-state index contributed by atoms with van der Waals surface area (Å²) in [5, 5.41) is 8.83. The molecule has 0 unspecified atom stereocenters. The number of aromatic nitrogens is 3. The van der Waals surface area contributed by atoms with Crippen LogP contribution in [0.5, 0.6) is 0 Å². The second-order valence-electron chi connectivity index (χ2n) is 7.37. The van der Waals surface area contributed by atoms with E-state index in [0.29, 0.717) is 17.4 Å². The molecule has 0 spiro atoms. The maximum Gasteiger partial charge on any atom is 0.277 e. The van der Waals surface area contributed by atoms with Gasteiger partial charge in [0.05, 0.1) is 5.39 Å². The molecule has 0 fully saturated rings. The van der Waals surface area contributed by atoms with Crippen molar-refractivity contribution in [3.05, 3.63) is 70.5 Å². The highest BCUT2D eigenvalue weighted by Gasteiger charge is 2.06. The highest BCUT2D eigenvalue weighted by atomic mass is 16.1. The first-order valence-electron chi connectivity index (χ1n) is 9.87. The summed E-state index contributed by atoms with van der Waals surface area (Å²) in [7, 11) is 4.30. The lowest BCUT2D eigenvalue weighted by atomic mass is 10.2. The molecule has 0 aliphatic carbocycles. The summed E-state index contributed by atoms with van der Waals surface area (Å²) in [6.45, 7) is 4.61. The lowest BCUT2D eigenvalue weighted by Crippen LogP contribution is -2.29. The van der Waals surface area contributed by atoms with E-state index >= 15 is 0 Å². The van der Waals surface area contributed by atoms with Crippen LogP contribution in [0.4, 0.5) is 0 Å². The first-order valence-corrected chi connectivity index (χ1v) is 9.87. The molecule has 1 heterocycles. The zero-order valence-corrected chi connectivity index (χ0v) is 16.8. The summed E-state index contributed by atoms with van der Waals surface area (Å²) in [4.78, 5) is 17.1. The second kappa shape index (κ2) is 10.1. The van der Waals surface area contributed by atoms with Gasteiger partial charge in [-0.05, 0) is 64.3 Å². The fourth-order valence-corrected chi connectivity index (χ4v) is 3.36. The Labute approximate surface area is 166 Å². The molecule has 0 aliphatic heterocycles. The average molecular weight is 380 g/mol. The Kier molecular flexibility index (Phi) is 7.28. The van der Waals surface area contributed by atoms with Crippen molar-refractivity contribution in [3.8, 4) is 0 Å². The number of hydrogen-bond donors (Lipinski definition) is 0. The molecule has 3 rings (SSSR count). The summed E-state index contributed by atoms with van der Waals surface area (Å²) >= 11 is 0. The van der Waals surface area contributed by atoms with Crippen LogP contribution < -0.4 is 5.56 Å². The van der Waals surface area contributed by atoms with E-state index in [4.69, 9.17) is 0 Å². The molecule has 6 heteroatoms. The first kappa shape index (κ1) is 20.2. The molecule has 0 atom stereocenters. The van der Waals surface area contributed by atoms with E-state index in [1.807, 2.05) is 18.2 Å². The molecular weight excluding hydrogens is 350 g/mol. The van der Waals surface area contributed by atoms with Crippen LogP contribution in [0, 0.1) is 0 Å². The predicted octanol–water partition coefficient (Wildman–Crippen LogP) is 2.64. The number of fused-ring (bicyclic) bond motifs is 1. The second-order valence-corrected chi connectivity index (χ2v) is 7.37. The quantitative estimate of drug-likeness (QED) is 0.542. The van der Waals surface area contributed by atoms with E-state index in [9.17, 15) is 4.79 Å². The van der Waals surface area contributed by atoms with Crippen molar-refractivity contribution in [3.63, 3.8) is 0 Å². The number of rotatable bonds is 10. The van der Waals surface area contributed by atoms with Gasteiger partial charge in [-0.25, -0.2) is 4.68 Å². The summed E-state index contributed by atoms with van der Waals surface area (Å²) in [5.74, 6) is 0. The number of nitrogens with zero attached hydrogens (tertiary/aromatic N) is 5. The Morgan fingerprint density at radius 3 is 2.36 bits per heavy atom. The first-order chi connectivity index (χ1) is 13.6. The standard InChI is InChI=1S/C22H29N5O/c1-25(14-8-16-26(2)18-19-10-4-3-5-11-19)15-9-17-27-22(28)20-12-6-7-13-21(20)23-24-27/h3-7,10-13H,8-9,14-18H2,1-2H3. The maximum absolute atomic E-state index is 12.4. The predicted molar refractivity (Wildman–Crippen MR) is 113 cm³/mol. The van der Waals surface area contributed by atoms with E-state index in [2.05, 4.69) is 64.5 Å². The van der Waals surface area contributed by atoms with Gasteiger partial charge in [-0.2, -0.15) is 0 Å². The van der Waals surface area contributed by atoms with Crippen LogP contribution >= 0.6 is 0 Å². The van der Waals surface area contributed by atoms with Crippen molar-refractivity contribution in [2.45, 2.75) is 25.9 Å². The molecule has 0 N–H and O–H groups in total. The molecule has 0 aliphatic rings.